The van der Waals surface area contributed by atoms with Gasteiger partial charge in [0.25, 0.3) is 0 Å². The van der Waals surface area contributed by atoms with Crippen molar-refractivity contribution in [2.45, 2.75) is 90.1 Å². The van der Waals surface area contributed by atoms with Gasteiger partial charge >= 0.3 is 0 Å². The zero-order chi connectivity index (χ0) is 20.9. The van der Waals surface area contributed by atoms with E-state index in [-0.39, 0.29) is 0 Å². The maximum absolute atomic E-state index is 10.6. The number of nitriles is 1. The fourth-order valence-electron chi connectivity index (χ4n) is 8.69. The van der Waals surface area contributed by atoms with Crippen LogP contribution in [0.2, 0.25) is 0 Å². The van der Waals surface area contributed by atoms with E-state index < -0.39 is 5.60 Å². The van der Waals surface area contributed by atoms with Crippen LogP contribution >= 0.6 is 0 Å². The quantitative estimate of drug-likeness (QED) is 0.679. The summed E-state index contributed by atoms with van der Waals surface area (Å²) < 4.78 is 0. The molecule has 30 heavy (non-hydrogen) atoms. The second kappa shape index (κ2) is 7.63. The molecule has 0 aromatic carbocycles. The zero-order valence-corrected chi connectivity index (χ0v) is 18.8. The Kier molecular flexibility index (Phi) is 5.21. The fourth-order valence-corrected chi connectivity index (χ4v) is 8.69. The molecule has 1 aromatic rings. The zero-order valence-electron chi connectivity index (χ0n) is 18.8. The molecular formula is C27H38N2O. The van der Waals surface area contributed by atoms with E-state index in [0.717, 1.165) is 54.8 Å². The Morgan fingerprint density at radius 2 is 1.87 bits per heavy atom. The molecule has 8 atom stereocenters. The third-order valence-corrected chi connectivity index (χ3v) is 10.1. The van der Waals surface area contributed by atoms with E-state index >= 15 is 0 Å². The van der Waals surface area contributed by atoms with Crippen molar-refractivity contribution in [3.8, 4) is 6.07 Å². The first-order valence-corrected chi connectivity index (χ1v) is 12.5. The first-order chi connectivity index (χ1) is 14.4. The van der Waals surface area contributed by atoms with E-state index in [4.69, 9.17) is 5.26 Å². The number of nitrogens with zero attached hydrogens (tertiary/aromatic N) is 2. The predicted molar refractivity (Wildman–Crippen MR) is 118 cm³/mol. The van der Waals surface area contributed by atoms with Crippen LogP contribution < -0.4 is 0 Å². The molecule has 1 aromatic heterocycles. The molecule has 1 N–H and O–H groups in total. The number of hydrogen-bond acceptors (Lipinski definition) is 3. The molecule has 0 aliphatic heterocycles. The highest BCUT2D eigenvalue weighted by molar-refractivity contribution is 5.29. The highest BCUT2D eigenvalue weighted by Gasteiger charge is 2.57. The van der Waals surface area contributed by atoms with E-state index in [1.54, 1.807) is 6.20 Å². The van der Waals surface area contributed by atoms with Crippen LogP contribution in [0.5, 0.6) is 0 Å². The lowest BCUT2D eigenvalue weighted by atomic mass is 9.49. The van der Waals surface area contributed by atoms with E-state index in [1.807, 2.05) is 12.3 Å². The third kappa shape index (κ3) is 3.50. The van der Waals surface area contributed by atoms with Gasteiger partial charge in [-0.25, -0.2) is 0 Å². The third-order valence-electron chi connectivity index (χ3n) is 10.1. The molecule has 0 amide bonds. The molecule has 0 bridgehead atoms. The van der Waals surface area contributed by atoms with Gasteiger partial charge in [-0.05, 0) is 130 Å². The van der Waals surface area contributed by atoms with Crippen molar-refractivity contribution >= 4 is 0 Å². The fraction of sp³-hybridized carbons (Fsp3) is 0.778. The van der Waals surface area contributed by atoms with Crippen molar-refractivity contribution in [1.82, 2.24) is 4.98 Å². The standard InChI is InChI=1S/C27H38N2O/c1-26(30)11-9-22-20(14-26)4-7-24-23(22)10-12-27(2)21(6-8-25(24)27)5-3-18-13-19(15-28)17-29-16-18/h13,16-17,20-25,30H,3-12,14H2,1-2H3/t20-,21+,22+,23-,24-,25+,26-,27-/m1/s1. The molecule has 3 heteroatoms. The molecule has 0 spiro atoms. The van der Waals surface area contributed by atoms with Crippen LogP contribution in [0.1, 0.15) is 89.2 Å². The SMILES string of the molecule is C[C@@]1(O)CC[C@H]2[C@H](CC[C@@H]3[C@@H]2CC[C@]2(C)[C@@H](CCc4cncc(C#N)c4)CC[C@@H]32)C1. The van der Waals surface area contributed by atoms with Crippen LogP contribution in [0.3, 0.4) is 0 Å². The Morgan fingerprint density at radius 1 is 1.03 bits per heavy atom. The Labute approximate surface area is 182 Å². The predicted octanol–water partition coefficient (Wildman–Crippen LogP) is 5.91. The van der Waals surface area contributed by atoms with Gasteiger partial charge in [0.1, 0.15) is 6.07 Å². The van der Waals surface area contributed by atoms with Gasteiger partial charge in [0.2, 0.25) is 0 Å². The lowest BCUT2D eigenvalue weighted by molar-refractivity contribution is -0.0999. The summed E-state index contributed by atoms with van der Waals surface area (Å²) in [5.74, 6) is 5.24. The van der Waals surface area contributed by atoms with Gasteiger partial charge in [-0.15, -0.1) is 0 Å². The molecule has 0 unspecified atom stereocenters. The van der Waals surface area contributed by atoms with Gasteiger partial charge in [0, 0.05) is 12.4 Å². The van der Waals surface area contributed by atoms with Gasteiger partial charge in [-0.1, -0.05) is 6.92 Å². The molecule has 4 fully saturated rings. The van der Waals surface area contributed by atoms with Crippen molar-refractivity contribution in [2.75, 3.05) is 0 Å². The summed E-state index contributed by atoms with van der Waals surface area (Å²) in [6, 6.07) is 4.25. The summed E-state index contributed by atoms with van der Waals surface area (Å²) in [4.78, 5) is 4.26. The van der Waals surface area contributed by atoms with Crippen LogP contribution in [-0.4, -0.2) is 15.7 Å². The molecule has 0 saturated heterocycles. The lowest BCUT2D eigenvalue weighted by Crippen LogP contribution is -2.50. The number of aliphatic hydroxyl groups is 1. The van der Waals surface area contributed by atoms with Crippen LogP contribution in [0.4, 0.5) is 0 Å². The van der Waals surface area contributed by atoms with Crippen molar-refractivity contribution in [1.29, 1.82) is 5.26 Å². The van der Waals surface area contributed by atoms with Gasteiger partial charge in [-0.2, -0.15) is 5.26 Å². The molecule has 1 heterocycles. The van der Waals surface area contributed by atoms with E-state index in [1.165, 1.54) is 56.9 Å². The number of hydrogen-bond donors (Lipinski definition) is 1. The molecule has 162 valence electrons. The first kappa shape index (κ1) is 20.5. The second-order valence-corrected chi connectivity index (χ2v) is 11.7. The van der Waals surface area contributed by atoms with E-state index in [2.05, 4.69) is 24.9 Å². The average Bonchev–Trinajstić information content (AvgIpc) is 3.07. The molecule has 3 nitrogen and oxygen atoms in total. The molecule has 0 radical (unpaired) electrons. The molecule has 4 aliphatic rings. The van der Waals surface area contributed by atoms with Crippen LogP contribution in [-0.2, 0) is 6.42 Å². The molecule has 4 aliphatic carbocycles. The topological polar surface area (TPSA) is 56.9 Å². The van der Waals surface area contributed by atoms with Crippen LogP contribution in [0.15, 0.2) is 18.5 Å². The molecule has 4 saturated carbocycles. The van der Waals surface area contributed by atoms with Crippen molar-refractivity contribution < 1.29 is 5.11 Å². The largest absolute Gasteiger partial charge is 0.390 e. The van der Waals surface area contributed by atoms with Crippen LogP contribution in [0, 0.1) is 52.3 Å². The number of aryl methyl sites for hydroxylation is 1. The maximum atomic E-state index is 10.6. The smallest absolute Gasteiger partial charge is 0.101 e. The van der Waals surface area contributed by atoms with Gasteiger partial charge < -0.3 is 5.11 Å². The van der Waals surface area contributed by atoms with Gasteiger partial charge in [0.15, 0.2) is 0 Å². The van der Waals surface area contributed by atoms with Crippen molar-refractivity contribution in [3.63, 3.8) is 0 Å². The number of fused-ring (bicyclic) bond motifs is 5. The minimum Gasteiger partial charge on any atom is -0.390 e. The molecule has 5 rings (SSSR count). The number of rotatable bonds is 3. The Hall–Kier alpha value is -1.40. The van der Waals surface area contributed by atoms with E-state index in [0.29, 0.717) is 11.0 Å². The molecular weight excluding hydrogens is 368 g/mol. The highest BCUT2D eigenvalue weighted by atomic mass is 16.3. The van der Waals surface area contributed by atoms with Gasteiger partial charge in [-0.3, -0.25) is 4.98 Å². The minimum atomic E-state index is -0.409. The number of pyridine rings is 1. The second-order valence-electron chi connectivity index (χ2n) is 11.7. The van der Waals surface area contributed by atoms with Gasteiger partial charge in [0.05, 0.1) is 11.2 Å². The summed E-state index contributed by atoms with van der Waals surface area (Å²) in [5, 5.41) is 19.8. The summed E-state index contributed by atoms with van der Waals surface area (Å²) in [5.41, 5.74) is 2.01. The lowest BCUT2D eigenvalue weighted by Gasteiger charge is -2.57. The van der Waals surface area contributed by atoms with Crippen molar-refractivity contribution in [3.05, 3.63) is 29.6 Å². The number of aromatic nitrogens is 1. The Bertz CT molecular complexity index is 826. The summed E-state index contributed by atoms with van der Waals surface area (Å²) >= 11 is 0. The normalized spacial score (nSPS) is 45.1. The summed E-state index contributed by atoms with van der Waals surface area (Å²) in [6.45, 7) is 4.68. The summed E-state index contributed by atoms with van der Waals surface area (Å²) in [6.07, 6.45) is 17.6. The van der Waals surface area contributed by atoms with Crippen molar-refractivity contribution in [2.24, 2.45) is 40.9 Å². The average molecular weight is 407 g/mol. The highest BCUT2D eigenvalue weighted by Crippen LogP contribution is 2.65. The maximum Gasteiger partial charge on any atom is 0.101 e. The van der Waals surface area contributed by atoms with Crippen LogP contribution in [0.25, 0.3) is 0 Å². The first-order valence-electron chi connectivity index (χ1n) is 12.5. The minimum absolute atomic E-state index is 0.409. The Morgan fingerprint density at radius 3 is 2.70 bits per heavy atom. The summed E-state index contributed by atoms with van der Waals surface area (Å²) in [7, 11) is 0. The Balaban J connectivity index is 1.27. The van der Waals surface area contributed by atoms with E-state index in [9.17, 15) is 5.11 Å². The monoisotopic (exact) mass is 406 g/mol.